The number of hydrogen-bond donors (Lipinski definition) is 1. The van der Waals surface area contributed by atoms with E-state index in [2.05, 4.69) is 4.98 Å². The molecule has 0 bridgehead atoms. The fraction of sp³-hybridized carbons (Fsp3) is 0.176. The molecule has 1 aromatic heterocycles. The fourth-order valence-electron chi connectivity index (χ4n) is 2.56. The lowest BCUT2D eigenvalue weighted by molar-refractivity contribution is 0.0695. The monoisotopic (exact) mass is 312 g/mol. The highest BCUT2D eigenvalue weighted by Gasteiger charge is 2.13. The van der Waals surface area contributed by atoms with Crippen molar-refractivity contribution < 1.29 is 19.4 Å². The Kier molecular flexibility index (Phi) is 3.89. The van der Waals surface area contributed by atoms with Crippen LogP contribution in [-0.4, -0.2) is 34.8 Å². The van der Waals surface area contributed by atoms with Crippen molar-refractivity contribution in [2.75, 3.05) is 14.2 Å². The molecular weight excluding hydrogens is 296 g/mol. The minimum Gasteiger partial charge on any atom is -0.493 e. The van der Waals surface area contributed by atoms with E-state index in [0.717, 1.165) is 11.0 Å². The van der Waals surface area contributed by atoms with Gasteiger partial charge in [-0.1, -0.05) is 18.2 Å². The van der Waals surface area contributed by atoms with E-state index in [0.29, 0.717) is 23.6 Å². The van der Waals surface area contributed by atoms with Crippen LogP contribution < -0.4 is 9.47 Å². The van der Waals surface area contributed by atoms with Crippen molar-refractivity contribution in [3.8, 4) is 11.5 Å². The van der Waals surface area contributed by atoms with Crippen LogP contribution in [0.2, 0.25) is 0 Å². The zero-order valence-electron chi connectivity index (χ0n) is 12.8. The Balaban J connectivity index is 2.06. The van der Waals surface area contributed by atoms with Crippen LogP contribution in [0.5, 0.6) is 11.5 Å². The molecule has 2 aromatic carbocycles. The number of aromatic nitrogens is 2. The summed E-state index contributed by atoms with van der Waals surface area (Å²) in [5, 5.41) is 9.30. The van der Waals surface area contributed by atoms with Gasteiger partial charge in [-0.05, 0) is 11.6 Å². The van der Waals surface area contributed by atoms with Gasteiger partial charge in [0.1, 0.15) is 0 Å². The number of methoxy groups -OCH3 is 2. The summed E-state index contributed by atoms with van der Waals surface area (Å²) in [4.78, 5) is 15.7. The summed E-state index contributed by atoms with van der Waals surface area (Å²) in [6, 6.07) is 10.6. The number of hydrogen-bond acceptors (Lipinski definition) is 4. The molecule has 0 aliphatic carbocycles. The number of rotatable bonds is 5. The van der Waals surface area contributed by atoms with Gasteiger partial charge in [0.15, 0.2) is 11.5 Å². The summed E-state index contributed by atoms with van der Waals surface area (Å²) in [5.74, 6) is 0.272. The number of aromatic carboxylic acids is 1. The predicted octanol–water partition coefficient (Wildman–Crippen LogP) is 2.80. The van der Waals surface area contributed by atoms with Gasteiger partial charge < -0.3 is 19.1 Å². The summed E-state index contributed by atoms with van der Waals surface area (Å²) < 4.78 is 12.5. The second-order valence-electron chi connectivity index (χ2n) is 5.03. The molecule has 0 aliphatic rings. The van der Waals surface area contributed by atoms with E-state index in [1.807, 2.05) is 16.7 Å². The highest BCUT2D eigenvalue weighted by atomic mass is 16.5. The fourth-order valence-corrected chi connectivity index (χ4v) is 2.56. The van der Waals surface area contributed by atoms with Crippen molar-refractivity contribution in [1.29, 1.82) is 0 Å². The summed E-state index contributed by atoms with van der Waals surface area (Å²) in [6.45, 7) is 0.411. The smallest absolute Gasteiger partial charge is 0.336 e. The van der Waals surface area contributed by atoms with Crippen molar-refractivity contribution in [2.45, 2.75) is 6.54 Å². The molecule has 1 heterocycles. The summed E-state index contributed by atoms with van der Waals surface area (Å²) >= 11 is 0. The largest absolute Gasteiger partial charge is 0.493 e. The summed E-state index contributed by atoms with van der Waals surface area (Å²) in [6.07, 6.45) is 1.68. The molecule has 0 aliphatic heterocycles. The Labute approximate surface area is 132 Å². The van der Waals surface area contributed by atoms with Gasteiger partial charge >= 0.3 is 5.97 Å². The van der Waals surface area contributed by atoms with Crippen LogP contribution in [0.25, 0.3) is 11.0 Å². The molecule has 0 fully saturated rings. The minimum absolute atomic E-state index is 0.287. The highest BCUT2D eigenvalue weighted by molar-refractivity contribution is 5.89. The number of nitrogens with zero attached hydrogens (tertiary/aromatic N) is 2. The van der Waals surface area contributed by atoms with E-state index in [9.17, 15) is 9.90 Å². The van der Waals surface area contributed by atoms with Gasteiger partial charge in [-0.2, -0.15) is 0 Å². The van der Waals surface area contributed by atoms with E-state index < -0.39 is 5.97 Å². The first kappa shape index (κ1) is 14.9. The third kappa shape index (κ3) is 2.70. The average molecular weight is 312 g/mol. The number of carboxylic acid groups (broad SMARTS) is 1. The van der Waals surface area contributed by atoms with Crippen LogP contribution in [-0.2, 0) is 6.54 Å². The highest BCUT2D eigenvalue weighted by Crippen LogP contribution is 2.31. The van der Waals surface area contributed by atoms with E-state index in [1.165, 1.54) is 0 Å². The van der Waals surface area contributed by atoms with Crippen molar-refractivity contribution in [1.82, 2.24) is 9.55 Å². The van der Waals surface area contributed by atoms with Gasteiger partial charge in [0.2, 0.25) is 0 Å². The van der Waals surface area contributed by atoms with Crippen molar-refractivity contribution in [3.05, 3.63) is 53.9 Å². The summed E-state index contributed by atoms with van der Waals surface area (Å²) in [7, 11) is 3.15. The lowest BCUT2D eigenvalue weighted by Crippen LogP contribution is -2.06. The van der Waals surface area contributed by atoms with Gasteiger partial charge in [0.05, 0.1) is 37.1 Å². The summed E-state index contributed by atoms with van der Waals surface area (Å²) in [5.41, 5.74) is 2.61. The van der Waals surface area contributed by atoms with Crippen LogP contribution in [0, 0.1) is 0 Å². The Hall–Kier alpha value is -3.02. The maximum atomic E-state index is 11.3. The number of imidazole rings is 1. The third-order valence-corrected chi connectivity index (χ3v) is 3.71. The molecule has 0 saturated heterocycles. The number of carboxylic acids is 1. The standard InChI is InChI=1S/C17H16N2O4/c1-22-15-7-13-14(8-16(15)23-2)19(10-18-13)9-11-5-3-4-6-12(11)17(20)21/h3-8,10H,9H2,1-2H3,(H,20,21). The van der Waals surface area contributed by atoms with Crippen LogP contribution >= 0.6 is 0 Å². The van der Waals surface area contributed by atoms with E-state index in [-0.39, 0.29) is 5.56 Å². The Morgan fingerprint density at radius 3 is 2.57 bits per heavy atom. The molecule has 6 nitrogen and oxygen atoms in total. The zero-order valence-corrected chi connectivity index (χ0v) is 12.8. The van der Waals surface area contributed by atoms with E-state index in [1.54, 1.807) is 44.8 Å². The normalized spacial score (nSPS) is 10.7. The van der Waals surface area contributed by atoms with Gasteiger partial charge in [0, 0.05) is 18.7 Å². The van der Waals surface area contributed by atoms with Crippen molar-refractivity contribution >= 4 is 17.0 Å². The molecule has 0 unspecified atom stereocenters. The topological polar surface area (TPSA) is 73.6 Å². The van der Waals surface area contributed by atoms with E-state index in [4.69, 9.17) is 9.47 Å². The third-order valence-electron chi connectivity index (χ3n) is 3.71. The first-order valence-electron chi connectivity index (χ1n) is 7.02. The lowest BCUT2D eigenvalue weighted by Gasteiger charge is -2.10. The van der Waals surface area contributed by atoms with Gasteiger partial charge in [0.25, 0.3) is 0 Å². The van der Waals surface area contributed by atoms with Gasteiger partial charge in [-0.3, -0.25) is 0 Å². The number of carbonyl (C=O) groups is 1. The minimum atomic E-state index is -0.940. The van der Waals surface area contributed by atoms with Crippen LogP contribution in [0.3, 0.4) is 0 Å². The zero-order chi connectivity index (χ0) is 16.4. The molecular formula is C17H16N2O4. The van der Waals surface area contributed by atoms with Crippen molar-refractivity contribution in [2.24, 2.45) is 0 Å². The molecule has 0 spiro atoms. The average Bonchev–Trinajstić information content (AvgIpc) is 2.95. The maximum absolute atomic E-state index is 11.3. The molecule has 1 N–H and O–H groups in total. The second-order valence-corrected chi connectivity index (χ2v) is 5.03. The second kappa shape index (κ2) is 6.00. The SMILES string of the molecule is COc1cc2ncn(Cc3ccccc3C(=O)O)c2cc1OC. The lowest BCUT2D eigenvalue weighted by atomic mass is 10.1. The molecule has 6 heteroatoms. The maximum Gasteiger partial charge on any atom is 0.336 e. The molecule has 3 aromatic rings. The number of ether oxygens (including phenoxy) is 2. The molecule has 118 valence electrons. The van der Waals surface area contributed by atoms with E-state index >= 15 is 0 Å². The number of fused-ring (bicyclic) bond motifs is 1. The molecule has 3 rings (SSSR count). The van der Waals surface area contributed by atoms with Gasteiger partial charge in [-0.25, -0.2) is 9.78 Å². The molecule has 0 atom stereocenters. The Bertz CT molecular complexity index is 870. The van der Waals surface area contributed by atoms with Crippen LogP contribution in [0.15, 0.2) is 42.7 Å². The first-order valence-corrected chi connectivity index (χ1v) is 7.02. The van der Waals surface area contributed by atoms with Crippen LogP contribution in [0.1, 0.15) is 15.9 Å². The Morgan fingerprint density at radius 1 is 1.17 bits per heavy atom. The van der Waals surface area contributed by atoms with Crippen molar-refractivity contribution in [3.63, 3.8) is 0 Å². The molecule has 0 saturated carbocycles. The molecule has 23 heavy (non-hydrogen) atoms. The number of benzene rings is 2. The quantitative estimate of drug-likeness (QED) is 0.784. The first-order chi connectivity index (χ1) is 11.1. The van der Waals surface area contributed by atoms with Crippen LogP contribution in [0.4, 0.5) is 0 Å². The predicted molar refractivity (Wildman–Crippen MR) is 85.3 cm³/mol. The molecule has 0 radical (unpaired) electrons. The van der Waals surface area contributed by atoms with Gasteiger partial charge in [-0.15, -0.1) is 0 Å². The Morgan fingerprint density at radius 2 is 1.87 bits per heavy atom. The molecule has 0 amide bonds.